The van der Waals surface area contributed by atoms with E-state index in [0.29, 0.717) is 52.0 Å². The molecular formula is C32H44BrN3O5. The van der Waals surface area contributed by atoms with Gasteiger partial charge in [0.25, 0.3) is 0 Å². The van der Waals surface area contributed by atoms with Crippen LogP contribution in [0, 0.1) is 11.8 Å². The summed E-state index contributed by atoms with van der Waals surface area (Å²) >= 11 is 3.77. The highest BCUT2D eigenvalue weighted by molar-refractivity contribution is 9.09. The maximum atomic E-state index is 14.5. The molecule has 8 nitrogen and oxygen atoms in total. The zero-order valence-corrected chi connectivity index (χ0v) is 25.7. The second-order valence-corrected chi connectivity index (χ2v) is 12.6. The van der Waals surface area contributed by atoms with Crippen LogP contribution in [0.3, 0.4) is 0 Å². The summed E-state index contributed by atoms with van der Waals surface area (Å²) in [5.41, 5.74) is -0.0973. The van der Waals surface area contributed by atoms with Crippen LogP contribution < -0.4 is 0 Å². The maximum Gasteiger partial charge on any atom is 0.248 e. The Balaban J connectivity index is 1.70. The largest absolute Gasteiger partial charge is 0.396 e. The van der Waals surface area contributed by atoms with Crippen LogP contribution in [0.4, 0.5) is 0 Å². The lowest BCUT2D eigenvalue weighted by molar-refractivity contribution is -0.149. The Morgan fingerprint density at radius 2 is 1.78 bits per heavy atom. The molecule has 0 aliphatic carbocycles. The van der Waals surface area contributed by atoms with E-state index in [0.717, 1.165) is 24.8 Å². The molecule has 4 rings (SSSR count). The van der Waals surface area contributed by atoms with E-state index in [4.69, 9.17) is 4.74 Å². The van der Waals surface area contributed by atoms with E-state index in [1.54, 1.807) is 26.9 Å². The van der Waals surface area contributed by atoms with Gasteiger partial charge in [-0.3, -0.25) is 14.4 Å². The molecule has 6 atom stereocenters. The van der Waals surface area contributed by atoms with Gasteiger partial charge in [0.05, 0.1) is 17.9 Å². The van der Waals surface area contributed by atoms with Crippen molar-refractivity contribution in [2.75, 3.05) is 32.8 Å². The molecular weight excluding hydrogens is 586 g/mol. The summed E-state index contributed by atoms with van der Waals surface area (Å²) in [6.07, 6.45) is 7.29. The Bertz CT molecular complexity index is 1100. The first-order valence-electron chi connectivity index (χ1n) is 14.9. The van der Waals surface area contributed by atoms with Gasteiger partial charge in [-0.25, -0.2) is 0 Å². The number of carbonyl (C=O) groups is 3. The second-order valence-electron chi connectivity index (χ2n) is 11.4. The van der Waals surface area contributed by atoms with Crippen LogP contribution in [-0.2, 0) is 25.7 Å². The molecule has 3 aliphatic heterocycles. The molecule has 3 amide bonds. The van der Waals surface area contributed by atoms with Gasteiger partial charge in [-0.15, -0.1) is 13.2 Å². The van der Waals surface area contributed by atoms with Crippen molar-refractivity contribution >= 4 is 33.7 Å². The van der Waals surface area contributed by atoms with E-state index in [-0.39, 0.29) is 29.2 Å². The number of amides is 3. The molecule has 2 bridgehead atoms. The Labute approximate surface area is 252 Å². The molecule has 9 heteroatoms. The van der Waals surface area contributed by atoms with E-state index >= 15 is 0 Å². The molecule has 224 valence electrons. The number of alkyl halides is 1. The quantitative estimate of drug-likeness (QED) is 0.170. The van der Waals surface area contributed by atoms with Gasteiger partial charge in [0.1, 0.15) is 11.6 Å². The van der Waals surface area contributed by atoms with Crippen molar-refractivity contribution in [1.29, 1.82) is 0 Å². The predicted octanol–water partition coefficient (Wildman–Crippen LogP) is 3.93. The van der Waals surface area contributed by atoms with Crippen LogP contribution in [0.2, 0.25) is 0 Å². The minimum Gasteiger partial charge on any atom is -0.396 e. The number of benzene rings is 1. The lowest BCUT2D eigenvalue weighted by Crippen LogP contribution is -2.57. The van der Waals surface area contributed by atoms with Gasteiger partial charge in [0.15, 0.2) is 0 Å². The van der Waals surface area contributed by atoms with E-state index in [1.807, 2.05) is 37.3 Å². The highest BCUT2D eigenvalue weighted by atomic mass is 79.9. The van der Waals surface area contributed by atoms with E-state index < -0.39 is 29.6 Å². The molecule has 1 aromatic rings. The number of unbranched alkanes of at least 4 members (excludes halogenated alkanes) is 3. The zero-order valence-electron chi connectivity index (χ0n) is 24.1. The van der Waals surface area contributed by atoms with Crippen LogP contribution in [-0.4, -0.2) is 92.9 Å². The predicted molar refractivity (Wildman–Crippen MR) is 162 cm³/mol. The van der Waals surface area contributed by atoms with Crippen molar-refractivity contribution in [3.8, 4) is 0 Å². The molecule has 1 spiro atoms. The SMILES string of the molecule is C=CCN(Cc1ccccc1)C(=O)C1N(CCCCCCO)C(=O)[C@@H]2[C@@H](C(=O)N(CC=C)CCC)[C@@H]3OC12CC3Br. The lowest BCUT2D eigenvalue weighted by atomic mass is 9.70. The van der Waals surface area contributed by atoms with Crippen molar-refractivity contribution in [3.05, 3.63) is 61.2 Å². The molecule has 3 saturated heterocycles. The molecule has 0 radical (unpaired) electrons. The first-order chi connectivity index (χ1) is 19.8. The Morgan fingerprint density at radius 1 is 1.10 bits per heavy atom. The number of aliphatic hydroxyl groups excluding tert-OH is 1. The molecule has 1 aromatic carbocycles. The molecule has 41 heavy (non-hydrogen) atoms. The van der Waals surface area contributed by atoms with Gasteiger partial charge < -0.3 is 24.5 Å². The zero-order chi connectivity index (χ0) is 29.6. The molecule has 3 heterocycles. The number of fused-ring (bicyclic) bond motifs is 1. The van der Waals surface area contributed by atoms with E-state index in [9.17, 15) is 19.5 Å². The Hall–Kier alpha value is -2.49. The summed E-state index contributed by atoms with van der Waals surface area (Å²) in [7, 11) is 0. The Kier molecular flexibility index (Phi) is 10.8. The fourth-order valence-electron chi connectivity index (χ4n) is 6.97. The average molecular weight is 631 g/mol. The van der Waals surface area contributed by atoms with Crippen molar-refractivity contribution in [3.63, 3.8) is 0 Å². The van der Waals surface area contributed by atoms with Crippen LogP contribution in [0.5, 0.6) is 0 Å². The van der Waals surface area contributed by atoms with E-state index in [2.05, 4.69) is 29.1 Å². The lowest BCUT2D eigenvalue weighted by Gasteiger charge is -2.37. The molecule has 0 saturated carbocycles. The summed E-state index contributed by atoms with van der Waals surface area (Å²) in [5, 5.41) is 9.19. The summed E-state index contributed by atoms with van der Waals surface area (Å²) in [6, 6.07) is 8.95. The number of hydrogen-bond acceptors (Lipinski definition) is 5. The maximum absolute atomic E-state index is 14.5. The molecule has 0 aromatic heterocycles. The number of carbonyl (C=O) groups excluding carboxylic acids is 3. The number of hydrogen-bond donors (Lipinski definition) is 1. The number of nitrogens with zero attached hydrogens (tertiary/aromatic N) is 3. The number of likely N-dealkylation sites (tertiary alicyclic amines) is 1. The third-order valence-electron chi connectivity index (χ3n) is 8.65. The van der Waals surface area contributed by atoms with Crippen molar-refractivity contribution in [1.82, 2.24) is 14.7 Å². The third kappa shape index (κ3) is 6.18. The number of rotatable bonds is 16. The van der Waals surface area contributed by atoms with E-state index in [1.165, 1.54) is 0 Å². The average Bonchev–Trinajstić information content (AvgIpc) is 3.55. The smallest absolute Gasteiger partial charge is 0.248 e. The first-order valence-corrected chi connectivity index (χ1v) is 15.8. The topological polar surface area (TPSA) is 90.4 Å². The minimum absolute atomic E-state index is 0.107. The fraction of sp³-hybridized carbons (Fsp3) is 0.594. The van der Waals surface area contributed by atoms with Gasteiger partial charge >= 0.3 is 0 Å². The van der Waals surface area contributed by atoms with Gasteiger partial charge in [-0.1, -0.05) is 78.2 Å². The van der Waals surface area contributed by atoms with Crippen LogP contribution in [0.15, 0.2) is 55.6 Å². The van der Waals surface area contributed by atoms with Crippen LogP contribution in [0.1, 0.15) is 51.0 Å². The van der Waals surface area contributed by atoms with Gasteiger partial charge in [-0.05, 0) is 31.2 Å². The first kappa shape index (κ1) is 31.4. The van der Waals surface area contributed by atoms with Crippen LogP contribution in [0.25, 0.3) is 0 Å². The van der Waals surface area contributed by atoms with Gasteiger partial charge in [-0.2, -0.15) is 0 Å². The van der Waals surface area contributed by atoms with Crippen molar-refractivity contribution in [2.45, 2.75) is 74.6 Å². The molecule has 1 N–H and O–H groups in total. The molecule has 3 fully saturated rings. The van der Waals surface area contributed by atoms with Crippen LogP contribution >= 0.6 is 15.9 Å². The summed E-state index contributed by atoms with van der Waals surface area (Å²) < 4.78 is 6.71. The third-order valence-corrected chi connectivity index (χ3v) is 9.49. The number of halogens is 1. The van der Waals surface area contributed by atoms with Crippen molar-refractivity contribution in [2.24, 2.45) is 11.8 Å². The summed E-state index contributed by atoms with van der Waals surface area (Å²) in [6.45, 7) is 11.9. The highest BCUT2D eigenvalue weighted by Crippen LogP contribution is 2.60. The normalized spacial score (nSPS) is 28.0. The standard InChI is InChI=1S/C32H44BrN3O5/c1-4-16-34(17-5-2)29(38)25-26-30(39)36(19-12-7-8-13-20-37)28(32(26)21-24(33)27(25)41-32)31(40)35(18-6-3)22-23-14-10-9-11-15-23/h4,6,9-11,14-15,24-28,37H,1,3,5,7-8,12-13,16-22H2,2H3/t24?,25-,26+,27-,28?,32?/m1/s1. The minimum atomic E-state index is -1.08. The monoisotopic (exact) mass is 629 g/mol. The fourth-order valence-corrected chi connectivity index (χ4v) is 7.91. The summed E-state index contributed by atoms with van der Waals surface area (Å²) in [5.74, 6) is -1.83. The second kappa shape index (κ2) is 14.1. The summed E-state index contributed by atoms with van der Waals surface area (Å²) in [4.78, 5) is 47.9. The highest BCUT2D eigenvalue weighted by Gasteiger charge is 2.76. The van der Waals surface area contributed by atoms with Gasteiger partial charge in [0, 0.05) is 44.2 Å². The molecule has 3 aliphatic rings. The number of ether oxygens (including phenoxy) is 1. The van der Waals surface area contributed by atoms with Crippen molar-refractivity contribution < 1.29 is 24.2 Å². The molecule has 3 unspecified atom stereocenters. The Morgan fingerprint density at radius 3 is 2.44 bits per heavy atom. The van der Waals surface area contributed by atoms with Gasteiger partial charge in [0.2, 0.25) is 17.7 Å². The number of aliphatic hydroxyl groups is 1.